The molecule has 3 aromatic rings. The fourth-order valence-corrected chi connectivity index (χ4v) is 3.67. The first-order valence-electron chi connectivity index (χ1n) is 6.57. The van der Waals surface area contributed by atoms with Gasteiger partial charge in [0.1, 0.15) is 0 Å². The molecule has 0 bridgehead atoms. The van der Waals surface area contributed by atoms with E-state index < -0.39 is 0 Å². The summed E-state index contributed by atoms with van der Waals surface area (Å²) in [7, 11) is 0. The van der Waals surface area contributed by atoms with Gasteiger partial charge in [-0.3, -0.25) is 4.98 Å². The third-order valence-corrected chi connectivity index (χ3v) is 5.08. The molecule has 4 heteroatoms. The number of nitrogens with one attached hydrogen (secondary N) is 1. The van der Waals surface area contributed by atoms with Crippen LogP contribution in [0.5, 0.6) is 0 Å². The van der Waals surface area contributed by atoms with Gasteiger partial charge in [0.05, 0.1) is 0 Å². The number of hydrogen-bond acceptors (Lipinski definition) is 4. The summed E-state index contributed by atoms with van der Waals surface area (Å²) in [5, 5.41) is 7.90. The van der Waals surface area contributed by atoms with Crippen molar-refractivity contribution >= 4 is 22.7 Å². The Hall–Kier alpha value is -1.49. The number of aromatic nitrogens is 1. The van der Waals surface area contributed by atoms with E-state index in [1.54, 1.807) is 11.3 Å². The summed E-state index contributed by atoms with van der Waals surface area (Å²) < 4.78 is 0. The van der Waals surface area contributed by atoms with Crippen molar-refractivity contribution in [1.29, 1.82) is 0 Å². The highest BCUT2D eigenvalue weighted by atomic mass is 32.1. The first-order chi connectivity index (χ1) is 9.83. The maximum Gasteiger partial charge on any atom is 0.0351 e. The molecule has 0 amide bonds. The van der Waals surface area contributed by atoms with Crippen LogP contribution in [-0.4, -0.2) is 4.98 Å². The lowest BCUT2D eigenvalue weighted by atomic mass is 10.1. The quantitative estimate of drug-likeness (QED) is 0.737. The summed E-state index contributed by atoms with van der Waals surface area (Å²) in [6, 6.07) is 10.9. The summed E-state index contributed by atoms with van der Waals surface area (Å²) in [5.41, 5.74) is 2.55. The van der Waals surface area contributed by atoms with Crippen LogP contribution in [0, 0.1) is 0 Å². The van der Waals surface area contributed by atoms with E-state index in [2.05, 4.69) is 52.3 Å². The molecular weight excluding hydrogens is 284 g/mol. The zero-order valence-electron chi connectivity index (χ0n) is 11.2. The number of nitrogens with zero attached hydrogens (tertiary/aromatic N) is 1. The van der Waals surface area contributed by atoms with Crippen LogP contribution in [0.1, 0.15) is 23.4 Å². The van der Waals surface area contributed by atoms with Gasteiger partial charge in [-0.25, -0.2) is 0 Å². The zero-order chi connectivity index (χ0) is 13.8. The molecule has 1 atom stereocenters. The molecule has 0 aliphatic rings. The number of thiophene rings is 2. The van der Waals surface area contributed by atoms with E-state index in [1.165, 1.54) is 20.9 Å². The zero-order valence-corrected chi connectivity index (χ0v) is 12.9. The lowest BCUT2D eigenvalue weighted by molar-refractivity contribution is 0.577. The third-order valence-electron chi connectivity index (χ3n) is 3.23. The number of pyridine rings is 1. The lowest BCUT2D eigenvalue weighted by Gasteiger charge is -2.12. The second kappa shape index (κ2) is 6.31. The van der Waals surface area contributed by atoms with E-state index in [-0.39, 0.29) is 0 Å². The Morgan fingerprint density at radius 1 is 1.25 bits per heavy atom. The van der Waals surface area contributed by atoms with Crippen molar-refractivity contribution in [1.82, 2.24) is 10.3 Å². The fraction of sp³-hybridized carbons (Fsp3) is 0.188. The second-order valence-electron chi connectivity index (χ2n) is 4.67. The van der Waals surface area contributed by atoms with Gasteiger partial charge in [-0.2, -0.15) is 0 Å². The molecule has 0 aliphatic carbocycles. The molecule has 0 saturated heterocycles. The van der Waals surface area contributed by atoms with E-state index in [4.69, 9.17) is 0 Å². The monoisotopic (exact) mass is 300 g/mol. The van der Waals surface area contributed by atoms with E-state index in [0.29, 0.717) is 6.04 Å². The summed E-state index contributed by atoms with van der Waals surface area (Å²) in [6.07, 6.45) is 3.73. The SMILES string of the molecule is CC(NCc1cc(-c2cccs2)cs1)c1cccnc1. The lowest BCUT2D eigenvalue weighted by Crippen LogP contribution is -2.17. The van der Waals surface area contributed by atoms with Crippen LogP contribution in [0.15, 0.2) is 53.5 Å². The largest absolute Gasteiger partial charge is 0.305 e. The smallest absolute Gasteiger partial charge is 0.0351 e. The molecule has 3 aromatic heterocycles. The van der Waals surface area contributed by atoms with Crippen LogP contribution in [-0.2, 0) is 6.54 Å². The van der Waals surface area contributed by atoms with Gasteiger partial charge in [0, 0.05) is 40.3 Å². The average molecular weight is 300 g/mol. The molecular formula is C16H16N2S2. The third kappa shape index (κ3) is 3.15. The molecule has 0 saturated carbocycles. The van der Waals surface area contributed by atoms with Crippen molar-refractivity contribution < 1.29 is 0 Å². The number of rotatable bonds is 5. The Bertz CT molecular complexity index is 644. The molecule has 2 nitrogen and oxygen atoms in total. The Labute approximate surface area is 127 Å². The van der Waals surface area contributed by atoms with Crippen molar-refractivity contribution in [3.05, 3.63) is 63.9 Å². The van der Waals surface area contributed by atoms with Crippen molar-refractivity contribution in [3.63, 3.8) is 0 Å². The van der Waals surface area contributed by atoms with E-state index in [0.717, 1.165) is 6.54 Å². The normalized spacial score (nSPS) is 12.4. The van der Waals surface area contributed by atoms with Gasteiger partial charge in [-0.05, 0) is 41.4 Å². The summed E-state index contributed by atoms with van der Waals surface area (Å²) in [5.74, 6) is 0. The van der Waals surface area contributed by atoms with Gasteiger partial charge in [0.15, 0.2) is 0 Å². The van der Waals surface area contributed by atoms with Crippen LogP contribution >= 0.6 is 22.7 Å². The van der Waals surface area contributed by atoms with Crippen LogP contribution in [0.3, 0.4) is 0 Å². The molecule has 1 unspecified atom stereocenters. The molecule has 1 N–H and O–H groups in total. The second-order valence-corrected chi connectivity index (χ2v) is 6.61. The maximum absolute atomic E-state index is 4.16. The predicted molar refractivity (Wildman–Crippen MR) is 87.1 cm³/mol. The van der Waals surface area contributed by atoms with Gasteiger partial charge >= 0.3 is 0 Å². The first-order valence-corrected chi connectivity index (χ1v) is 8.33. The van der Waals surface area contributed by atoms with Crippen molar-refractivity contribution in [3.8, 4) is 10.4 Å². The van der Waals surface area contributed by atoms with Crippen LogP contribution in [0.4, 0.5) is 0 Å². The minimum Gasteiger partial charge on any atom is -0.305 e. The minimum absolute atomic E-state index is 0.316. The van der Waals surface area contributed by atoms with Gasteiger partial charge in [0.2, 0.25) is 0 Å². The summed E-state index contributed by atoms with van der Waals surface area (Å²) in [6.45, 7) is 3.07. The molecule has 3 heterocycles. The van der Waals surface area contributed by atoms with Gasteiger partial charge in [-0.1, -0.05) is 12.1 Å². The van der Waals surface area contributed by atoms with Crippen molar-refractivity contribution in [2.24, 2.45) is 0 Å². The highest BCUT2D eigenvalue weighted by Gasteiger charge is 2.07. The summed E-state index contributed by atoms with van der Waals surface area (Å²) in [4.78, 5) is 6.87. The van der Waals surface area contributed by atoms with Crippen LogP contribution < -0.4 is 5.32 Å². The summed E-state index contributed by atoms with van der Waals surface area (Å²) >= 11 is 3.60. The molecule has 20 heavy (non-hydrogen) atoms. The van der Waals surface area contributed by atoms with Gasteiger partial charge < -0.3 is 5.32 Å². The minimum atomic E-state index is 0.316. The Kier molecular flexibility index (Phi) is 4.25. The molecule has 3 rings (SSSR count). The van der Waals surface area contributed by atoms with Crippen molar-refractivity contribution in [2.75, 3.05) is 0 Å². The van der Waals surface area contributed by atoms with Crippen LogP contribution in [0.25, 0.3) is 10.4 Å². The van der Waals surface area contributed by atoms with E-state index in [1.807, 2.05) is 29.8 Å². The first kappa shape index (κ1) is 13.5. The van der Waals surface area contributed by atoms with E-state index in [9.17, 15) is 0 Å². The predicted octanol–water partition coefficient (Wildman–Crippen LogP) is 4.72. The van der Waals surface area contributed by atoms with E-state index >= 15 is 0 Å². The molecule has 102 valence electrons. The average Bonchev–Trinajstić information content (AvgIpc) is 3.16. The Balaban J connectivity index is 1.62. The van der Waals surface area contributed by atoms with Crippen molar-refractivity contribution in [2.45, 2.75) is 19.5 Å². The molecule has 0 radical (unpaired) electrons. The van der Waals surface area contributed by atoms with Crippen LogP contribution in [0.2, 0.25) is 0 Å². The standard InChI is InChI=1S/C16H16N2S2/c1-12(13-4-2-6-17-9-13)18-10-15-8-14(11-20-15)16-5-3-7-19-16/h2-9,11-12,18H,10H2,1H3. The van der Waals surface area contributed by atoms with Gasteiger partial charge in [0.25, 0.3) is 0 Å². The Morgan fingerprint density at radius 2 is 2.20 bits per heavy atom. The molecule has 0 spiro atoms. The van der Waals surface area contributed by atoms with Gasteiger partial charge in [-0.15, -0.1) is 22.7 Å². The molecule has 0 aliphatic heterocycles. The maximum atomic E-state index is 4.16. The fourth-order valence-electron chi connectivity index (χ4n) is 2.05. The molecule has 0 fully saturated rings. The number of hydrogen-bond donors (Lipinski definition) is 1. The highest BCUT2D eigenvalue weighted by Crippen LogP contribution is 2.29. The topological polar surface area (TPSA) is 24.9 Å². The Morgan fingerprint density at radius 3 is 2.95 bits per heavy atom. The molecule has 0 aromatic carbocycles. The highest BCUT2D eigenvalue weighted by molar-refractivity contribution is 7.14.